The highest BCUT2D eigenvalue weighted by Gasteiger charge is 2.37. The summed E-state index contributed by atoms with van der Waals surface area (Å²) in [5.74, 6) is 1.59. The van der Waals surface area contributed by atoms with Crippen molar-refractivity contribution >= 4 is 13.4 Å². The summed E-state index contributed by atoms with van der Waals surface area (Å²) >= 11 is 0. The van der Waals surface area contributed by atoms with Crippen LogP contribution in [0.1, 0.15) is 36.8 Å². The smallest absolute Gasteiger partial charge is 0.210 e. The van der Waals surface area contributed by atoms with Crippen LogP contribution >= 0.6 is 0 Å². The predicted molar refractivity (Wildman–Crippen MR) is 107 cm³/mol. The number of hydrogen-bond acceptors (Lipinski definition) is 2. The van der Waals surface area contributed by atoms with Crippen LogP contribution in [0, 0.1) is 13.1 Å². The molecule has 0 bridgehead atoms. The van der Waals surface area contributed by atoms with Crippen LogP contribution in [0.25, 0.3) is 0 Å². The van der Waals surface area contributed by atoms with E-state index in [9.17, 15) is 0 Å². The van der Waals surface area contributed by atoms with Crippen LogP contribution < -0.4 is 9.47 Å². The van der Waals surface area contributed by atoms with Crippen molar-refractivity contribution in [3.05, 3.63) is 72.7 Å². The third-order valence-electron chi connectivity index (χ3n) is 5.42. The average molecular weight is 362 g/mol. The fourth-order valence-electron chi connectivity index (χ4n) is 4.01. The summed E-state index contributed by atoms with van der Waals surface area (Å²) in [5, 5.41) is 0. The predicted octanol–water partition coefficient (Wildman–Crippen LogP) is 3.87. The second-order valence-electron chi connectivity index (χ2n) is 7.19. The van der Waals surface area contributed by atoms with Crippen molar-refractivity contribution in [3.8, 4) is 11.5 Å². The minimum absolute atomic E-state index is 0.150. The Balaban J connectivity index is 1.71. The van der Waals surface area contributed by atoms with E-state index in [0.717, 1.165) is 35.5 Å². The minimum atomic E-state index is 0.150. The van der Waals surface area contributed by atoms with Crippen molar-refractivity contribution in [2.24, 2.45) is 0 Å². The summed E-state index contributed by atoms with van der Waals surface area (Å²) in [4.78, 5) is 0. The first kappa shape index (κ1) is 17.5. The first-order valence-corrected chi connectivity index (χ1v) is 9.53. The average Bonchev–Trinajstić information content (AvgIpc) is 2.70. The summed E-state index contributed by atoms with van der Waals surface area (Å²) in [5.41, 5.74) is 2.01. The lowest BCUT2D eigenvalue weighted by Gasteiger charge is -2.29. The van der Waals surface area contributed by atoms with E-state index in [-0.39, 0.29) is 6.79 Å². The topological polar surface area (TPSA) is 24.5 Å². The Hall–Kier alpha value is -2.88. The van der Waals surface area contributed by atoms with Gasteiger partial charge < -0.3 is 9.47 Å². The Kier molecular flexibility index (Phi) is 5.05. The van der Waals surface area contributed by atoms with Crippen LogP contribution in [-0.4, -0.2) is 41.5 Å². The van der Waals surface area contributed by atoms with E-state index in [0.29, 0.717) is 12.1 Å². The van der Waals surface area contributed by atoms with Crippen molar-refractivity contribution in [3.63, 3.8) is 0 Å². The van der Waals surface area contributed by atoms with Crippen molar-refractivity contribution in [1.82, 2.24) is 0 Å². The highest BCUT2D eigenvalue weighted by molar-refractivity contribution is 5.39. The molecule has 0 N–H and O–H groups in total. The number of hydrogen-bond donors (Lipinski definition) is 0. The van der Waals surface area contributed by atoms with E-state index >= 15 is 0 Å². The van der Waals surface area contributed by atoms with Gasteiger partial charge in [-0.15, -0.1) is 24.3 Å². The van der Waals surface area contributed by atoms with Gasteiger partial charge in [-0.2, -0.15) is 0 Å². The van der Waals surface area contributed by atoms with Gasteiger partial charge in [0.05, 0.1) is 38.0 Å². The van der Waals surface area contributed by atoms with Gasteiger partial charge in [-0.05, 0) is 24.0 Å². The molecule has 2 atom stereocenters. The maximum absolute atomic E-state index is 5.92. The molecule has 1 saturated carbocycles. The van der Waals surface area contributed by atoms with E-state index in [4.69, 9.17) is 9.47 Å². The molecule has 0 amide bonds. The molecule has 0 saturated heterocycles. The van der Waals surface area contributed by atoms with Crippen LogP contribution in [0.2, 0.25) is 0 Å². The van der Waals surface area contributed by atoms with Crippen molar-refractivity contribution < 1.29 is 18.6 Å². The lowest BCUT2D eigenvalue weighted by Crippen LogP contribution is -2.44. The van der Waals surface area contributed by atoms with E-state index in [1.165, 1.54) is 12.8 Å². The van der Waals surface area contributed by atoms with E-state index < -0.39 is 0 Å². The van der Waals surface area contributed by atoms with Crippen molar-refractivity contribution in [2.75, 3.05) is 6.79 Å². The zero-order chi connectivity index (χ0) is 18.6. The molecule has 1 heterocycles. The number of rotatable bonds is 0. The highest BCUT2D eigenvalue weighted by atomic mass is 16.7. The molecule has 2 unspecified atom stereocenters. The zero-order valence-electron chi connectivity index (χ0n) is 15.6. The summed E-state index contributed by atoms with van der Waals surface area (Å²) in [7, 11) is 0. The Morgan fingerprint density at radius 3 is 1.67 bits per heavy atom. The zero-order valence-corrected chi connectivity index (χ0v) is 15.6. The lowest BCUT2D eigenvalue weighted by molar-refractivity contribution is -0.614. The Labute approximate surface area is 161 Å². The summed E-state index contributed by atoms with van der Waals surface area (Å²) in [6, 6.07) is 16.6. The molecule has 1 aliphatic heterocycles. The standard InChI is InChI=1S/C23H26N2O2/c1-24-15-18-9-3-7-13-22(18)26-17-27-23-14-8-4-10-19(23)16-25(2)21-12-6-5-11-20(21)24/h3-4,7-10,13-16,20-21H,1-2,5-6,11-12,17H2. The maximum Gasteiger partial charge on any atom is 0.210 e. The molecule has 0 radical (unpaired) electrons. The van der Waals surface area contributed by atoms with Gasteiger partial charge in [0.2, 0.25) is 18.9 Å². The molecule has 2 aromatic rings. The Morgan fingerprint density at radius 2 is 1.19 bits per heavy atom. The molecule has 0 aromatic heterocycles. The Morgan fingerprint density at radius 1 is 0.741 bits per heavy atom. The molecule has 27 heavy (non-hydrogen) atoms. The van der Waals surface area contributed by atoms with Gasteiger partial charge >= 0.3 is 0 Å². The Bertz CT molecular complexity index is 776. The molecule has 0 spiro atoms. The van der Waals surface area contributed by atoms with Crippen LogP contribution in [0.4, 0.5) is 0 Å². The van der Waals surface area contributed by atoms with E-state index in [1.807, 2.05) is 48.5 Å². The minimum Gasteiger partial charge on any atom is -0.504 e. The molecule has 4 nitrogen and oxygen atoms in total. The largest absolute Gasteiger partial charge is 0.504 e. The summed E-state index contributed by atoms with van der Waals surface area (Å²) in [6.45, 7) is 13.0. The van der Waals surface area contributed by atoms with Crippen LogP contribution in [0.15, 0.2) is 48.5 Å². The van der Waals surface area contributed by atoms with Crippen LogP contribution in [-0.2, 0) is 0 Å². The highest BCUT2D eigenvalue weighted by Crippen LogP contribution is 2.29. The third-order valence-corrected chi connectivity index (χ3v) is 5.42. The second-order valence-corrected chi connectivity index (χ2v) is 7.19. The van der Waals surface area contributed by atoms with Crippen molar-refractivity contribution in [1.29, 1.82) is 0 Å². The SMILES string of the molecule is C=[N+]1[CH-]c2ccccc2OCOc2ccccc2[CH-][N+](=C)C2CCCCC21. The van der Waals surface area contributed by atoms with Crippen molar-refractivity contribution in [2.45, 2.75) is 37.8 Å². The molecule has 2 aromatic carbocycles. The quantitative estimate of drug-likeness (QED) is 0.525. The van der Waals surface area contributed by atoms with Gasteiger partial charge in [-0.25, -0.2) is 0 Å². The van der Waals surface area contributed by atoms with Gasteiger partial charge in [0.15, 0.2) is 0 Å². The van der Waals surface area contributed by atoms with Crippen LogP contribution in [0.3, 0.4) is 0 Å². The fourth-order valence-corrected chi connectivity index (χ4v) is 4.01. The summed E-state index contributed by atoms with van der Waals surface area (Å²) < 4.78 is 16.0. The number of ether oxygens (including phenoxy) is 2. The summed E-state index contributed by atoms with van der Waals surface area (Å²) in [6.07, 6.45) is 4.64. The van der Waals surface area contributed by atoms with E-state index in [1.54, 1.807) is 0 Å². The molecule has 4 heteroatoms. The first-order valence-electron chi connectivity index (χ1n) is 9.53. The van der Waals surface area contributed by atoms with Gasteiger partial charge in [0, 0.05) is 12.8 Å². The normalized spacial score (nSPS) is 22.7. The number of fused-ring (bicyclic) bond motifs is 3. The molecule has 4 rings (SSSR count). The third kappa shape index (κ3) is 3.80. The monoisotopic (exact) mass is 362 g/mol. The van der Waals surface area contributed by atoms with E-state index in [2.05, 4.69) is 35.7 Å². The molecule has 1 fully saturated rings. The first-order chi connectivity index (χ1) is 13.2. The second kappa shape index (κ2) is 7.78. The molecular weight excluding hydrogens is 336 g/mol. The van der Waals surface area contributed by atoms with Gasteiger partial charge in [0.1, 0.15) is 0 Å². The number of benzene rings is 2. The van der Waals surface area contributed by atoms with Gasteiger partial charge in [0.25, 0.3) is 0 Å². The van der Waals surface area contributed by atoms with Gasteiger partial charge in [-0.3, -0.25) is 9.15 Å². The number of para-hydroxylation sites is 2. The van der Waals surface area contributed by atoms with Crippen LogP contribution in [0.5, 0.6) is 11.5 Å². The number of nitrogens with zero attached hydrogens (tertiary/aromatic N) is 2. The maximum atomic E-state index is 5.92. The molecule has 2 aliphatic rings. The molecule has 140 valence electrons. The lowest BCUT2D eigenvalue weighted by atomic mass is 9.89. The molecule has 1 aliphatic carbocycles. The van der Waals surface area contributed by atoms with Gasteiger partial charge in [-0.1, -0.05) is 24.3 Å². The fraction of sp³-hybridized carbons (Fsp3) is 0.304. The molecular formula is C23H26N2O2.